The van der Waals surface area contributed by atoms with Gasteiger partial charge in [0.2, 0.25) is 0 Å². The topological polar surface area (TPSA) is 28.4 Å². The normalized spacial score (nSPS) is 26.7. The zero-order valence-electron chi connectivity index (χ0n) is 12.2. The van der Waals surface area contributed by atoms with Crippen molar-refractivity contribution in [3.63, 3.8) is 0 Å². The molecule has 106 valence electrons. The lowest BCUT2D eigenvalue weighted by atomic mass is 10.1. The quantitative estimate of drug-likeness (QED) is 0.854. The van der Waals surface area contributed by atoms with Crippen molar-refractivity contribution in [1.82, 2.24) is 10.2 Å². The molecule has 1 saturated heterocycles. The molecule has 0 amide bonds. The summed E-state index contributed by atoms with van der Waals surface area (Å²) in [7, 11) is 0. The molecule has 3 heteroatoms. The van der Waals surface area contributed by atoms with Crippen LogP contribution in [0.4, 0.5) is 0 Å². The van der Waals surface area contributed by atoms with E-state index in [1.807, 2.05) is 6.26 Å². The first kappa shape index (κ1) is 13.2. The highest BCUT2D eigenvalue weighted by molar-refractivity contribution is 5.17. The fraction of sp³-hybridized carbons (Fsp3) is 0.750. The molecule has 2 fully saturated rings. The van der Waals surface area contributed by atoms with Gasteiger partial charge in [0.25, 0.3) is 0 Å². The van der Waals surface area contributed by atoms with Crippen LogP contribution >= 0.6 is 0 Å². The number of nitrogens with zero attached hydrogens (tertiary/aromatic N) is 1. The average molecular weight is 262 g/mol. The second-order valence-electron chi connectivity index (χ2n) is 6.66. The number of rotatable bonds is 6. The fourth-order valence-electron chi connectivity index (χ4n) is 3.58. The number of likely N-dealkylation sites (tertiary alicyclic amines) is 1. The Balaban J connectivity index is 1.55. The molecule has 2 aliphatic rings. The molecule has 1 saturated carbocycles. The van der Waals surface area contributed by atoms with Crippen LogP contribution in [-0.4, -0.2) is 24.0 Å². The molecule has 2 unspecified atom stereocenters. The minimum Gasteiger partial charge on any atom is -0.468 e. The Labute approximate surface area is 116 Å². The maximum Gasteiger partial charge on any atom is 0.122 e. The molecular formula is C16H26N2O. The summed E-state index contributed by atoms with van der Waals surface area (Å²) in [4.78, 5) is 2.66. The van der Waals surface area contributed by atoms with E-state index in [0.29, 0.717) is 5.92 Å². The first-order chi connectivity index (χ1) is 9.22. The summed E-state index contributed by atoms with van der Waals surface area (Å²) in [6.45, 7) is 8.76. The zero-order chi connectivity index (χ0) is 13.2. The summed E-state index contributed by atoms with van der Waals surface area (Å²) < 4.78 is 5.65. The molecule has 2 heterocycles. The van der Waals surface area contributed by atoms with E-state index in [9.17, 15) is 0 Å². The maximum absolute atomic E-state index is 5.65. The molecule has 0 aromatic carbocycles. The van der Waals surface area contributed by atoms with E-state index in [2.05, 4.69) is 30.1 Å². The Kier molecular flexibility index (Phi) is 3.94. The third-order valence-electron chi connectivity index (χ3n) is 4.57. The molecule has 1 aliphatic carbocycles. The number of furan rings is 1. The van der Waals surface area contributed by atoms with Gasteiger partial charge < -0.3 is 9.73 Å². The van der Waals surface area contributed by atoms with E-state index in [0.717, 1.165) is 37.4 Å². The summed E-state index contributed by atoms with van der Waals surface area (Å²) in [5, 5.41) is 3.47. The Morgan fingerprint density at radius 1 is 1.42 bits per heavy atom. The molecule has 1 aromatic heterocycles. The van der Waals surface area contributed by atoms with Gasteiger partial charge in [-0.3, -0.25) is 4.90 Å². The summed E-state index contributed by atoms with van der Waals surface area (Å²) >= 11 is 0. The SMILES string of the molecule is CC(C)CNCc1occc1CN1CC2CCC1C2. The molecular weight excluding hydrogens is 236 g/mol. The van der Waals surface area contributed by atoms with Gasteiger partial charge in [-0.2, -0.15) is 0 Å². The molecule has 2 atom stereocenters. The van der Waals surface area contributed by atoms with E-state index in [-0.39, 0.29) is 0 Å². The predicted octanol–water partition coefficient (Wildman–Crippen LogP) is 3.01. The van der Waals surface area contributed by atoms with E-state index >= 15 is 0 Å². The minimum absolute atomic E-state index is 0.688. The van der Waals surface area contributed by atoms with Gasteiger partial charge in [-0.05, 0) is 43.7 Å². The van der Waals surface area contributed by atoms with Gasteiger partial charge in [0.05, 0.1) is 12.8 Å². The highest BCUT2D eigenvalue weighted by atomic mass is 16.3. The summed E-state index contributed by atoms with van der Waals surface area (Å²) in [5.74, 6) is 2.79. The third-order valence-corrected chi connectivity index (χ3v) is 4.57. The van der Waals surface area contributed by atoms with Crippen molar-refractivity contribution >= 4 is 0 Å². The van der Waals surface area contributed by atoms with Gasteiger partial charge >= 0.3 is 0 Å². The lowest BCUT2D eigenvalue weighted by Crippen LogP contribution is -2.31. The monoisotopic (exact) mass is 262 g/mol. The van der Waals surface area contributed by atoms with E-state index in [1.165, 1.54) is 31.4 Å². The predicted molar refractivity (Wildman–Crippen MR) is 76.8 cm³/mol. The first-order valence-electron chi connectivity index (χ1n) is 7.72. The van der Waals surface area contributed by atoms with Gasteiger partial charge in [-0.1, -0.05) is 13.8 Å². The van der Waals surface area contributed by atoms with Crippen LogP contribution in [0.15, 0.2) is 16.7 Å². The van der Waals surface area contributed by atoms with Gasteiger partial charge in [0.1, 0.15) is 5.76 Å². The second-order valence-corrected chi connectivity index (χ2v) is 6.66. The highest BCUT2D eigenvalue weighted by Gasteiger charge is 2.37. The molecule has 3 nitrogen and oxygen atoms in total. The Hall–Kier alpha value is -0.800. The average Bonchev–Trinajstić information content (AvgIpc) is 3.06. The van der Waals surface area contributed by atoms with Crippen molar-refractivity contribution in [2.45, 2.75) is 52.2 Å². The smallest absolute Gasteiger partial charge is 0.122 e. The second kappa shape index (κ2) is 5.68. The maximum atomic E-state index is 5.65. The zero-order valence-corrected chi connectivity index (χ0v) is 12.2. The van der Waals surface area contributed by atoms with Gasteiger partial charge in [0.15, 0.2) is 0 Å². The van der Waals surface area contributed by atoms with Crippen LogP contribution in [0.25, 0.3) is 0 Å². The van der Waals surface area contributed by atoms with Crippen LogP contribution in [0.2, 0.25) is 0 Å². The van der Waals surface area contributed by atoms with Crippen LogP contribution in [0.3, 0.4) is 0 Å². The third kappa shape index (κ3) is 3.03. The standard InChI is InChI=1S/C16H26N2O/c1-12(2)8-17-9-16-14(5-6-19-16)11-18-10-13-3-4-15(18)7-13/h5-6,12-13,15,17H,3-4,7-11H2,1-2H3. The molecule has 1 aromatic rings. The van der Waals surface area contributed by atoms with Crippen molar-refractivity contribution in [3.05, 3.63) is 23.7 Å². The fourth-order valence-corrected chi connectivity index (χ4v) is 3.58. The van der Waals surface area contributed by atoms with Crippen molar-refractivity contribution < 1.29 is 4.42 Å². The number of fused-ring (bicyclic) bond motifs is 2. The van der Waals surface area contributed by atoms with E-state index in [1.54, 1.807) is 0 Å². The molecule has 1 N–H and O–H groups in total. The van der Waals surface area contributed by atoms with Gasteiger partial charge in [0, 0.05) is 24.7 Å². The van der Waals surface area contributed by atoms with Gasteiger partial charge in [-0.15, -0.1) is 0 Å². The molecule has 1 aliphatic heterocycles. The highest BCUT2D eigenvalue weighted by Crippen LogP contribution is 2.38. The molecule has 2 bridgehead atoms. The van der Waals surface area contributed by atoms with Crippen LogP contribution in [-0.2, 0) is 13.1 Å². The van der Waals surface area contributed by atoms with Crippen LogP contribution < -0.4 is 5.32 Å². The molecule has 0 spiro atoms. The minimum atomic E-state index is 0.688. The summed E-state index contributed by atoms with van der Waals surface area (Å²) in [6, 6.07) is 3.00. The number of nitrogens with one attached hydrogen (secondary N) is 1. The first-order valence-corrected chi connectivity index (χ1v) is 7.72. The largest absolute Gasteiger partial charge is 0.468 e. The number of hydrogen-bond acceptors (Lipinski definition) is 3. The summed E-state index contributed by atoms with van der Waals surface area (Å²) in [5.41, 5.74) is 1.38. The van der Waals surface area contributed by atoms with E-state index in [4.69, 9.17) is 4.42 Å². The van der Waals surface area contributed by atoms with Crippen LogP contribution in [0, 0.1) is 11.8 Å². The lowest BCUT2D eigenvalue weighted by molar-refractivity contribution is 0.204. The molecule has 19 heavy (non-hydrogen) atoms. The summed E-state index contributed by atoms with van der Waals surface area (Å²) in [6.07, 6.45) is 6.13. The number of piperidine rings is 1. The Morgan fingerprint density at radius 2 is 2.32 bits per heavy atom. The van der Waals surface area contributed by atoms with Crippen LogP contribution in [0.5, 0.6) is 0 Å². The Morgan fingerprint density at radius 3 is 3.00 bits per heavy atom. The molecule has 3 rings (SSSR count). The van der Waals surface area contributed by atoms with Crippen molar-refractivity contribution in [2.75, 3.05) is 13.1 Å². The van der Waals surface area contributed by atoms with Gasteiger partial charge in [-0.25, -0.2) is 0 Å². The Bertz CT molecular complexity index is 413. The number of hydrogen-bond donors (Lipinski definition) is 1. The van der Waals surface area contributed by atoms with Crippen molar-refractivity contribution in [2.24, 2.45) is 11.8 Å². The van der Waals surface area contributed by atoms with E-state index < -0.39 is 0 Å². The van der Waals surface area contributed by atoms with Crippen LogP contribution in [0.1, 0.15) is 44.4 Å². The molecule has 0 radical (unpaired) electrons. The van der Waals surface area contributed by atoms with Crippen molar-refractivity contribution in [3.8, 4) is 0 Å². The van der Waals surface area contributed by atoms with Crippen molar-refractivity contribution in [1.29, 1.82) is 0 Å². The lowest BCUT2D eigenvalue weighted by Gasteiger charge is -2.26.